The Morgan fingerprint density at radius 3 is 1.95 bits per heavy atom. The van der Waals surface area contributed by atoms with Crippen LogP contribution in [0.3, 0.4) is 0 Å². The lowest BCUT2D eigenvalue weighted by molar-refractivity contribution is -0.137. The van der Waals surface area contributed by atoms with Gasteiger partial charge in [-0.3, -0.25) is 4.79 Å². The van der Waals surface area contributed by atoms with E-state index in [2.05, 4.69) is 0 Å². The van der Waals surface area contributed by atoms with Gasteiger partial charge >= 0.3 is 5.97 Å². The summed E-state index contributed by atoms with van der Waals surface area (Å²) in [5.41, 5.74) is 0. The summed E-state index contributed by atoms with van der Waals surface area (Å²) in [6.07, 6.45) is 17.1. The van der Waals surface area contributed by atoms with Gasteiger partial charge in [0.05, 0.1) is 6.61 Å². The minimum Gasteiger partial charge on any atom is -0.463 e. The van der Waals surface area contributed by atoms with Gasteiger partial charge in [0.1, 0.15) is 0 Å². The molecule has 1 aliphatic rings. The van der Waals surface area contributed by atoms with E-state index in [1.807, 2.05) is 0 Å². The first-order valence-electron chi connectivity index (χ1n) is 7.83. The minimum atomic E-state index is -0.330. The van der Waals surface area contributed by atoms with Crippen molar-refractivity contribution in [2.24, 2.45) is 0 Å². The summed E-state index contributed by atoms with van der Waals surface area (Å²) in [5, 5.41) is 0. The average Bonchev–Trinajstić information content (AvgIpc) is 2.44. The van der Waals surface area contributed by atoms with Gasteiger partial charge in [-0.25, -0.2) is 4.79 Å². The third-order valence-electron chi connectivity index (χ3n) is 3.44. The molecular weight excluding hydrogens is 252 g/mol. The van der Waals surface area contributed by atoms with Crippen LogP contribution in [0.25, 0.3) is 0 Å². The Hall–Kier alpha value is -1.38. The van der Waals surface area contributed by atoms with E-state index in [1.54, 1.807) is 12.2 Å². The molecule has 0 atom stereocenters. The van der Waals surface area contributed by atoms with Gasteiger partial charge in [0.2, 0.25) is 0 Å². The van der Waals surface area contributed by atoms with E-state index in [0.29, 0.717) is 13.0 Å². The molecule has 0 unspecified atom stereocenters. The first kappa shape index (κ1) is 16.7. The lowest BCUT2D eigenvalue weighted by Crippen LogP contribution is -2.02. The van der Waals surface area contributed by atoms with E-state index < -0.39 is 0 Å². The normalized spacial score (nSPS) is 24.2. The number of carbonyl (C=O) groups is 2. The molecule has 0 spiro atoms. The molecule has 0 amide bonds. The van der Waals surface area contributed by atoms with Crippen LogP contribution in [-0.2, 0) is 14.3 Å². The molecular formula is C17H26O3. The van der Waals surface area contributed by atoms with E-state index in [4.69, 9.17) is 4.74 Å². The summed E-state index contributed by atoms with van der Waals surface area (Å²) in [4.78, 5) is 22.9. The SMILES string of the molecule is O=C1/C=C/C=C\C(=O)OCCCCCCCCCCC1. The van der Waals surface area contributed by atoms with Crippen molar-refractivity contribution in [1.82, 2.24) is 0 Å². The summed E-state index contributed by atoms with van der Waals surface area (Å²) >= 11 is 0. The molecule has 0 aromatic heterocycles. The molecule has 0 saturated carbocycles. The number of hydrogen-bond donors (Lipinski definition) is 0. The van der Waals surface area contributed by atoms with Gasteiger partial charge in [-0.1, -0.05) is 57.1 Å². The molecule has 0 radical (unpaired) electrons. The number of allylic oxidation sites excluding steroid dienone is 3. The van der Waals surface area contributed by atoms with E-state index in [1.165, 1.54) is 44.3 Å². The molecule has 3 heteroatoms. The van der Waals surface area contributed by atoms with Gasteiger partial charge < -0.3 is 4.74 Å². The molecule has 0 bridgehead atoms. The Morgan fingerprint density at radius 2 is 1.25 bits per heavy atom. The van der Waals surface area contributed by atoms with E-state index in [-0.39, 0.29) is 11.8 Å². The maximum Gasteiger partial charge on any atom is 0.330 e. The highest BCUT2D eigenvalue weighted by Gasteiger charge is 1.99. The fraction of sp³-hybridized carbons (Fsp3) is 0.647. The Bertz CT molecular complexity index is 308. The van der Waals surface area contributed by atoms with Crippen LogP contribution in [0, 0.1) is 0 Å². The van der Waals surface area contributed by atoms with Gasteiger partial charge in [0.25, 0.3) is 0 Å². The molecule has 112 valence electrons. The zero-order chi connectivity index (χ0) is 14.5. The average molecular weight is 278 g/mol. The monoisotopic (exact) mass is 278 g/mol. The van der Waals surface area contributed by atoms with Gasteiger partial charge in [-0.15, -0.1) is 0 Å². The summed E-state index contributed by atoms with van der Waals surface area (Å²) in [6, 6.07) is 0. The molecule has 1 aliphatic heterocycles. The third-order valence-corrected chi connectivity index (χ3v) is 3.44. The number of hydrogen-bond acceptors (Lipinski definition) is 3. The van der Waals surface area contributed by atoms with Crippen LogP contribution < -0.4 is 0 Å². The van der Waals surface area contributed by atoms with Crippen molar-refractivity contribution < 1.29 is 14.3 Å². The van der Waals surface area contributed by atoms with Gasteiger partial charge in [-0.05, 0) is 18.9 Å². The second-order valence-electron chi connectivity index (χ2n) is 5.28. The van der Waals surface area contributed by atoms with Crippen molar-refractivity contribution >= 4 is 11.8 Å². The largest absolute Gasteiger partial charge is 0.463 e. The number of ketones is 1. The van der Waals surface area contributed by atoms with Crippen molar-refractivity contribution in [3.05, 3.63) is 24.3 Å². The second kappa shape index (κ2) is 11.4. The van der Waals surface area contributed by atoms with Crippen LogP contribution in [-0.4, -0.2) is 18.4 Å². The maximum absolute atomic E-state index is 11.5. The predicted octanol–water partition coefficient (Wildman–Crippen LogP) is 4.13. The molecule has 20 heavy (non-hydrogen) atoms. The van der Waals surface area contributed by atoms with Crippen molar-refractivity contribution in [2.45, 2.75) is 64.2 Å². The first-order chi connectivity index (χ1) is 9.79. The summed E-state index contributed by atoms with van der Waals surface area (Å²) < 4.78 is 5.07. The van der Waals surface area contributed by atoms with Crippen LogP contribution in [0.2, 0.25) is 0 Å². The number of carbonyl (C=O) groups excluding carboxylic acids is 2. The zero-order valence-electron chi connectivity index (χ0n) is 12.3. The summed E-state index contributed by atoms with van der Waals surface area (Å²) in [7, 11) is 0. The van der Waals surface area contributed by atoms with E-state index in [9.17, 15) is 9.59 Å². The summed E-state index contributed by atoms with van der Waals surface area (Å²) in [6.45, 7) is 0.492. The fourth-order valence-corrected chi connectivity index (χ4v) is 2.24. The van der Waals surface area contributed by atoms with Gasteiger partial charge in [-0.2, -0.15) is 0 Å². The van der Waals surface area contributed by atoms with Gasteiger partial charge in [0, 0.05) is 12.5 Å². The topological polar surface area (TPSA) is 43.4 Å². The number of esters is 1. The smallest absolute Gasteiger partial charge is 0.330 e. The molecule has 0 saturated heterocycles. The fourth-order valence-electron chi connectivity index (χ4n) is 2.24. The van der Waals surface area contributed by atoms with E-state index >= 15 is 0 Å². The minimum absolute atomic E-state index is 0.129. The molecule has 0 aromatic carbocycles. The highest BCUT2D eigenvalue weighted by atomic mass is 16.5. The quantitative estimate of drug-likeness (QED) is 0.626. The standard InChI is InChI=1S/C17H26O3/c18-16-12-8-6-4-2-1-3-5-7-11-15-20-17(19)14-10-9-13-16/h9-10,13-14H,1-8,11-12,15H2/b13-9+,14-10-. The van der Waals surface area contributed by atoms with Crippen LogP contribution in [0.15, 0.2) is 24.3 Å². The Labute approximate surface area is 122 Å². The molecule has 1 heterocycles. The molecule has 0 aromatic rings. The van der Waals surface area contributed by atoms with Gasteiger partial charge in [0.15, 0.2) is 5.78 Å². The molecule has 0 fully saturated rings. The molecule has 1 rings (SSSR count). The van der Waals surface area contributed by atoms with Crippen molar-refractivity contribution in [3.8, 4) is 0 Å². The van der Waals surface area contributed by atoms with Crippen LogP contribution >= 0.6 is 0 Å². The highest BCUT2D eigenvalue weighted by Crippen LogP contribution is 2.11. The third kappa shape index (κ3) is 9.54. The zero-order valence-corrected chi connectivity index (χ0v) is 12.3. The first-order valence-corrected chi connectivity index (χ1v) is 7.83. The van der Waals surface area contributed by atoms with Crippen molar-refractivity contribution in [1.29, 1.82) is 0 Å². The molecule has 0 N–H and O–H groups in total. The second-order valence-corrected chi connectivity index (χ2v) is 5.28. The molecule has 0 aliphatic carbocycles. The predicted molar refractivity (Wildman–Crippen MR) is 80.4 cm³/mol. The van der Waals surface area contributed by atoms with Crippen LogP contribution in [0.5, 0.6) is 0 Å². The van der Waals surface area contributed by atoms with Crippen LogP contribution in [0.1, 0.15) is 64.2 Å². The highest BCUT2D eigenvalue weighted by molar-refractivity contribution is 5.90. The number of cyclic esters (lactones) is 1. The van der Waals surface area contributed by atoms with Crippen molar-refractivity contribution in [3.63, 3.8) is 0 Å². The Kier molecular flexibility index (Phi) is 9.54. The van der Waals surface area contributed by atoms with Crippen LogP contribution in [0.4, 0.5) is 0 Å². The lowest BCUT2D eigenvalue weighted by atomic mass is 10.1. The number of rotatable bonds is 0. The van der Waals surface area contributed by atoms with Crippen molar-refractivity contribution in [2.75, 3.05) is 6.61 Å². The molecule has 3 nitrogen and oxygen atoms in total. The summed E-state index contributed by atoms with van der Waals surface area (Å²) in [5.74, 6) is -0.202. The Morgan fingerprint density at radius 1 is 0.700 bits per heavy atom. The van der Waals surface area contributed by atoms with E-state index in [0.717, 1.165) is 25.7 Å². The lowest BCUT2D eigenvalue weighted by Gasteiger charge is -2.03. The number of ether oxygens (including phenoxy) is 1. The maximum atomic E-state index is 11.5. The Balaban J connectivity index is 2.36.